The van der Waals surface area contributed by atoms with Crippen LogP contribution >= 0.6 is 0 Å². The van der Waals surface area contributed by atoms with Crippen molar-refractivity contribution in [2.24, 2.45) is 0 Å². The summed E-state index contributed by atoms with van der Waals surface area (Å²) in [7, 11) is 1.30. The number of piperidine rings is 1. The molecule has 0 saturated carbocycles. The zero-order valence-corrected chi connectivity index (χ0v) is 11.1. The third-order valence-corrected chi connectivity index (χ3v) is 3.16. The van der Waals surface area contributed by atoms with Crippen LogP contribution in [0, 0.1) is 0 Å². The van der Waals surface area contributed by atoms with Gasteiger partial charge in [0.2, 0.25) is 5.91 Å². The summed E-state index contributed by atoms with van der Waals surface area (Å²) < 4.78 is 4.58. The summed E-state index contributed by atoms with van der Waals surface area (Å²) in [5.41, 5.74) is 0.774. The Balaban J connectivity index is 2.02. The van der Waals surface area contributed by atoms with E-state index in [1.165, 1.54) is 31.4 Å². The van der Waals surface area contributed by atoms with Gasteiger partial charge < -0.3 is 15.4 Å². The average Bonchev–Trinajstić information content (AvgIpc) is 2.49. The van der Waals surface area contributed by atoms with Gasteiger partial charge in [0.05, 0.1) is 12.7 Å². The maximum atomic E-state index is 12.0. The van der Waals surface area contributed by atoms with Crippen molar-refractivity contribution in [1.29, 1.82) is 0 Å². The van der Waals surface area contributed by atoms with Gasteiger partial charge in [-0.3, -0.25) is 9.59 Å². The lowest BCUT2D eigenvalue weighted by Gasteiger charge is -2.22. The molecule has 0 radical (unpaired) electrons. The van der Waals surface area contributed by atoms with E-state index in [-0.39, 0.29) is 11.8 Å². The number of nitrogens with one attached hydrogen (secondary N) is 2. The van der Waals surface area contributed by atoms with Crippen LogP contribution in [0.4, 0.5) is 0 Å². The van der Waals surface area contributed by atoms with E-state index in [4.69, 9.17) is 0 Å². The summed E-state index contributed by atoms with van der Waals surface area (Å²) >= 11 is 0. The third kappa shape index (κ3) is 3.14. The van der Waals surface area contributed by atoms with Crippen molar-refractivity contribution in [1.82, 2.24) is 10.6 Å². The van der Waals surface area contributed by atoms with Gasteiger partial charge in [-0.1, -0.05) is 0 Å². The standard InChI is InChI=1S/C14H16N2O4/c1-20-14(19)10-6-4-9(5-7-10)12(17)16-11-3-2-8-15-13(11)18/h4-7,11H,2-3,8H2,1H3,(H,15,18)(H,16,17). The summed E-state index contributed by atoms with van der Waals surface area (Å²) in [5, 5.41) is 5.39. The summed E-state index contributed by atoms with van der Waals surface area (Å²) in [6.07, 6.45) is 1.48. The van der Waals surface area contributed by atoms with Crippen molar-refractivity contribution in [2.75, 3.05) is 13.7 Å². The molecule has 2 N–H and O–H groups in total. The highest BCUT2D eigenvalue weighted by molar-refractivity contribution is 5.98. The average molecular weight is 276 g/mol. The maximum absolute atomic E-state index is 12.0. The third-order valence-electron chi connectivity index (χ3n) is 3.16. The molecule has 0 aliphatic carbocycles. The SMILES string of the molecule is COC(=O)c1ccc(C(=O)NC2CCCNC2=O)cc1. The molecular formula is C14H16N2O4. The first kappa shape index (κ1) is 14.0. The van der Waals surface area contributed by atoms with Crippen molar-refractivity contribution in [3.05, 3.63) is 35.4 Å². The molecule has 1 unspecified atom stereocenters. The number of amides is 2. The molecule has 6 nitrogen and oxygen atoms in total. The Morgan fingerprint density at radius 3 is 2.50 bits per heavy atom. The zero-order valence-electron chi connectivity index (χ0n) is 11.1. The predicted octanol–water partition coefficient (Wildman–Crippen LogP) is 0.482. The normalized spacial score (nSPS) is 18.1. The Bertz CT molecular complexity index is 524. The summed E-state index contributed by atoms with van der Waals surface area (Å²) in [6, 6.07) is 5.60. The van der Waals surface area contributed by atoms with E-state index < -0.39 is 12.0 Å². The van der Waals surface area contributed by atoms with E-state index in [1.807, 2.05) is 0 Å². The number of rotatable bonds is 3. The monoisotopic (exact) mass is 276 g/mol. The molecule has 1 aromatic rings. The molecule has 0 spiro atoms. The lowest BCUT2D eigenvalue weighted by atomic mass is 10.1. The smallest absolute Gasteiger partial charge is 0.337 e. The number of hydrogen-bond acceptors (Lipinski definition) is 4. The quantitative estimate of drug-likeness (QED) is 0.786. The van der Waals surface area contributed by atoms with Crippen LogP contribution in [0.3, 0.4) is 0 Å². The highest BCUT2D eigenvalue weighted by atomic mass is 16.5. The summed E-state index contributed by atoms with van der Waals surface area (Å²) in [4.78, 5) is 34.8. The highest BCUT2D eigenvalue weighted by Crippen LogP contribution is 2.08. The number of benzene rings is 1. The van der Waals surface area contributed by atoms with E-state index in [9.17, 15) is 14.4 Å². The molecular weight excluding hydrogens is 260 g/mol. The second kappa shape index (κ2) is 6.18. The molecule has 2 rings (SSSR count). The molecule has 1 atom stereocenters. The van der Waals surface area contributed by atoms with Crippen LogP contribution < -0.4 is 10.6 Å². The van der Waals surface area contributed by atoms with E-state index in [1.54, 1.807) is 0 Å². The molecule has 1 fully saturated rings. The Labute approximate surface area is 116 Å². The second-order valence-corrected chi connectivity index (χ2v) is 4.53. The van der Waals surface area contributed by atoms with Crippen molar-refractivity contribution in [3.8, 4) is 0 Å². The van der Waals surface area contributed by atoms with Gasteiger partial charge in [-0.2, -0.15) is 0 Å². The lowest BCUT2D eigenvalue weighted by molar-refractivity contribution is -0.124. The molecule has 1 saturated heterocycles. The van der Waals surface area contributed by atoms with Crippen molar-refractivity contribution >= 4 is 17.8 Å². The molecule has 1 aliphatic heterocycles. The fraction of sp³-hybridized carbons (Fsp3) is 0.357. The second-order valence-electron chi connectivity index (χ2n) is 4.53. The first-order chi connectivity index (χ1) is 9.61. The maximum Gasteiger partial charge on any atom is 0.337 e. The van der Waals surface area contributed by atoms with Crippen molar-refractivity contribution in [3.63, 3.8) is 0 Å². The van der Waals surface area contributed by atoms with Crippen LogP contribution in [0.25, 0.3) is 0 Å². The Kier molecular flexibility index (Phi) is 4.34. The molecule has 6 heteroatoms. The molecule has 2 amide bonds. The fourth-order valence-electron chi connectivity index (χ4n) is 2.03. The van der Waals surface area contributed by atoms with Crippen LogP contribution in [0.1, 0.15) is 33.6 Å². The minimum atomic E-state index is -0.489. The van der Waals surface area contributed by atoms with Gasteiger partial charge in [0, 0.05) is 12.1 Å². The van der Waals surface area contributed by atoms with Gasteiger partial charge in [-0.15, -0.1) is 0 Å². The van der Waals surface area contributed by atoms with Crippen molar-refractivity contribution in [2.45, 2.75) is 18.9 Å². The van der Waals surface area contributed by atoms with Crippen LogP contribution in [0.5, 0.6) is 0 Å². The van der Waals surface area contributed by atoms with Gasteiger partial charge in [-0.25, -0.2) is 4.79 Å². The Hall–Kier alpha value is -2.37. The molecule has 0 bridgehead atoms. The lowest BCUT2D eigenvalue weighted by Crippen LogP contribution is -2.50. The van der Waals surface area contributed by atoms with Gasteiger partial charge in [0.25, 0.3) is 5.91 Å². The van der Waals surface area contributed by atoms with Crippen LogP contribution in [0.2, 0.25) is 0 Å². The van der Waals surface area contributed by atoms with Crippen LogP contribution in [0.15, 0.2) is 24.3 Å². The summed E-state index contributed by atoms with van der Waals surface area (Å²) in [6.45, 7) is 0.652. The molecule has 0 aromatic heterocycles. The first-order valence-corrected chi connectivity index (χ1v) is 6.39. The van der Waals surface area contributed by atoms with Gasteiger partial charge >= 0.3 is 5.97 Å². The molecule has 1 aromatic carbocycles. The molecule has 1 heterocycles. The number of hydrogen-bond donors (Lipinski definition) is 2. The minimum absolute atomic E-state index is 0.157. The summed E-state index contributed by atoms with van der Waals surface area (Å²) in [5.74, 6) is -0.942. The molecule has 106 valence electrons. The zero-order chi connectivity index (χ0) is 14.5. The van der Waals surface area contributed by atoms with Gasteiger partial charge in [0.15, 0.2) is 0 Å². The van der Waals surface area contributed by atoms with E-state index in [0.29, 0.717) is 24.1 Å². The fourth-order valence-corrected chi connectivity index (χ4v) is 2.03. The van der Waals surface area contributed by atoms with Gasteiger partial charge in [-0.05, 0) is 37.1 Å². The molecule has 20 heavy (non-hydrogen) atoms. The van der Waals surface area contributed by atoms with E-state index in [2.05, 4.69) is 15.4 Å². The number of methoxy groups -OCH3 is 1. The van der Waals surface area contributed by atoms with Crippen LogP contribution in [-0.4, -0.2) is 37.5 Å². The predicted molar refractivity (Wildman–Crippen MR) is 71.3 cm³/mol. The Morgan fingerprint density at radius 1 is 1.25 bits per heavy atom. The van der Waals surface area contributed by atoms with Gasteiger partial charge in [0.1, 0.15) is 6.04 Å². The number of carbonyl (C=O) groups is 3. The minimum Gasteiger partial charge on any atom is -0.465 e. The Morgan fingerprint density at radius 2 is 1.90 bits per heavy atom. The van der Waals surface area contributed by atoms with E-state index in [0.717, 1.165) is 6.42 Å². The first-order valence-electron chi connectivity index (χ1n) is 6.39. The molecule has 1 aliphatic rings. The number of ether oxygens (including phenoxy) is 1. The number of carbonyl (C=O) groups excluding carboxylic acids is 3. The van der Waals surface area contributed by atoms with Crippen LogP contribution in [-0.2, 0) is 9.53 Å². The largest absolute Gasteiger partial charge is 0.465 e. The topological polar surface area (TPSA) is 84.5 Å². The van der Waals surface area contributed by atoms with E-state index >= 15 is 0 Å². The van der Waals surface area contributed by atoms with Crippen molar-refractivity contribution < 1.29 is 19.1 Å². The number of esters is 1. The highest BCUT2D eigenvalue weighted by Gasteiger charge is 2.23.